The van der Waals surface area contributed by atoms with Crippen molar-refractivity contribution in [3.63, 3.8) is 0 Å². The summed E-state index contributed by atoms with van der Waals surface area (Å²) in [5, 5.41) is 2.13. The largest absolute Gasteiger partial charge is 0.496 e. The molecule has 1 amide bonds. The normalized spacial score (nSPS) is 22.6. The molecule has 0 spiro atoms. The van der Waals surface area contributed by atoms with Crippen LogP contribution < -0.4 is 4.74 Å². The number of aromatic nitrogens is 1. The number of hydrogen-bond acceptors (Lipinski definition) is 5. The van der Waals surface area contributed by atoms with Gasteiger partial charge in [-0.15, -0.1) is 11.3 Å². The van der Waals surface area contributed by atoms with E-state index in [1.54, 1.807) is 18.4 Å². The number of hydrogen-bond donors (Lipinski definition) is 0. The molecular formula is C32H40N2O4S. The molecule has 3 aliphatic rings. The van der Waals surface area contributed by atoms with Crippen LogP contribution in [0.4, 0.5) is 0 Å². The molecule has 2 atom stereocenters. The van der Waals surface area contributed by atoms with Gasteiger partial charge in [0.25, 0.3) is 5.91 Å². The minimum atomic E-state index is -0.661. The Bertz CT molecular complexity index is 1410. The average Bonchev–Trinajstić information content (AvgIpc) is 3.56. The summed E-state index contributed by atoms with van der Waals surface area (Å²) in [6, 6.07) is 8.74. The second-order valence-electron chi connectivity index (χ2n) is 12.5. The van der Waals surface area contributed by atoms with Gasteiger partial charge in [-0.05, 0) is 102 Å². The number of fused-ring (bicyclic) bond motifs is 5. The van der Waals surface area contributed by atoms with E-state index in [1.807, 2.05) is 13.8 Å². The maximum Gasteiger partial charge on any atom is 0.271 e. The number of benzene rings is 1. The van der Waals surface area contributed by atoms with Gasteiger partial charge < -0.3 is 23.7 Å². The predicted octanol–water partition coefficient (Wildman–Crippen LogP) is 7.24. The highest BCUT2D eigenvalue weighted by Gasteiger charge is 2.42. The predicted molar refractivity (Wildman–Crippen MR) is 156 cm³/mol. The summed E-state index contributed by atoms with van der Waals surface area (Å²) >= 11 is 1.75. The van der Waals surface area contributed by atoms with Crippen LogP contribution in [0.2, 0.25) is 0 Å². The van der Waals surface area contributed by atoms with E-state index >= 15 is 0 Å². The van der Waals surface area contributed by atoms with Crippen LogP contribution in [0, 0.1) is 0 Å². The highest BCUT2D eigenvalue weighted by atomic mass is 32.1. The van der Waals surface area contributed by atoms with E-state index in [1.165, 1.54) is 27.1 Å². The molecule has 0 saturated carbocycles. The number of thiophene rings is 1. The Morgan fingerprint density at radius 1 is 1.08 bits per heavy atom. The van der Waals surface area contributed by atoms with Gasteiger partial charge in [0.1, 0.15) is 17.5 Å². The van der Waals surface area contributed by atoms with Crippen molar-refractivity contribution in [3.8, 4) is 27.4 Å². The smallest absolute Gasteiger partial charge is 0.271 e. The molecule has 0 aliphatic carbocycles. The Hall–Kier alpha value is -2.61. The van der Waals surface area contributed by atoms with Crippen LogP contribution in [-0.2, 0) is 28.9 Å². The molecule has 6 nitrogen and oxygen atoms in total. The number of carbonyl (C=O) groups is 1. The van der Waals surface area contributed by atoms with E-state index < -0.39 is 5.79 Å². The summed E-state index contributed by atoms with van der Waals surface area (Å²) in [5.41, 5.74) is 7.62. The molecule has 3 aromatic rings. The van der Waals surface area contributed by atoms with Crippen molar-refractivity contribution < 1.29 is 19.0 Å². The Balaban J connectivity index is 1.61. The molecule has 7 heteroatoms. The van der Waals surface area contributed by atoms with Crippen molar-refractivity contribution in [3.05, 3.63) is 52.0 Å². The summed E-state index contributed by atoms with van der Waals surface area (Å²) in [6.07, 6.45) is 3.48. The first-order valence-corrected chi connectivity index (χ1v) is 15.1. The molecule has 0 radical (unpaired) electrons. The number of methoxy groups -OCH3 is 1. The lowest BCUT2D eigenvalue weighted by atomic mass is 9.90. The molecular weight excluding hydrogens is 508 g/mol. The van der Waals surface area contributed by atoms with Crippen molar-refractivity contribution in [2.45, 2.75) is 97.3 Å². The monoisotopic (exact) mass is 548 g/mol. The van der Waals surface area contributed by atoms with Crippen LogP contribution in [0.1, 0.15) is 87.7 Å². The highest BCUT2D eigenvalue weighted by molar-refractivity contribution is 7.13. The first-order valence-electron chi connectivity index (χ1n) is 14.2. The number of nitrogens with zero attached hydrogens (tertiary/aromatic N) is 2. The van der Waals surface area contributed by atoms with E-state index in [-0.39, 0.29) is 23.7 Å². The van der Waals surface area contributed by atoms with Crippen LogP contribution in [0.5, 0.6) is 5.75 Å². The number of carbonyl (C=O) groups excluding carboxylic acids is 1. The van der Waals surface area contributed by atoms with Crippen molar-refractivity contribution in [1.29, 1.82) is 0 Å². The number of aryl methyl sites for hydroxylation is 1. The third-order valence-electron chi connectivity index (χ3n) is 8.38. The van der Waals surface area contributed by atoms with Gasteiger partial charge in [-0.3, -0.25) is 4.79 Å². The van der Waals surface area contributed by atoms with Crippen LogP contribution in [-0.4, -0.2) is 46.5 Å². The van der Waals surface area contributed by atoms with Gasteiger partial charge in [-0.25, -0.2) is 0 Å². The minimum absolute atomic E-state index is 0.110. The highest BCUT2D eigenvalue weighted by Crippen LogP contribution is 2.49. The van der Waals surface area contributed by atoms with E-state index in [2.05, 4.69) is 66.8 Å². The van der Waals surface area contributed by atoms with Crippen molar-refractivity contribution in [2.24, 2.45) is 0 Å². The lowest BCUT2D eigenvalue weighted by Crippen LogP contribution is -2.47. The molecule has 1 fully saturated rings. The van der Waals surface area contributed by atoms with Crippen LogP contribution >= 0.6 is 11.3 Å². The summed E-state index contributed by atoms with van der Waals surface area (Å²) in [4.78, 5) is 17.6. The first kappa shape index (κ1) is 26.6. The molecule has 0 N–H and O–H groups in total. The second-order valence-corrected chi connectivity index (χ2v) is 13.5. The van der Waals surface area contributed by atoms with Gasteiger partial charge in [-0.2, -0.15) is 0 Å². The molecule has 0 unspecified atom stereocenters. The van der Waals surface area contributed by atoms with Crippen molar-refractivity contribution >= 4 is 17.2 Å². The molecule has 3 aliphatic heterocycles. The van der Waals surface area contributed by atoms with Gasteiger partial charge in [0, 0.05) is 40.2 Å². The maximum absolute atomic E-state index is 14.3. The second kappa shape index (κ2) is 9.50. The Labute approximate surface area is 235 Å². The molecule has 208 valence electrons. The third kappa shape index (κ3) is 4.43. The molecule has 2 aromatic heterocycles. The lowest BCUT2D eigenvalue weighted by molar-refractivity contribution is -0.145. The molecule has 39 heavy (non-hydrogen) atoms. The van der Waals surface area contributed by atoms with E-state index in [0.717, 1.165) is 61.5 Å². The van der Waals surface area contributed by atoms with Gasteiger partial charge >= 0.3 is 0 Å². The summed E-state index contributed by atoms with van der Waals surface area (Å²) in [6.45, 7) is 14.0. The third-order valence-corrected chi connectivity index (χ3v) is 9.26. The zero-order valence-corrected chi connectivity index (χ0v) is 25.0. The van der Waals surface area contributed by atoms with E-state index in [9.17, 15) is 4.79 Å². The lowest BCUT2D eigenvalue weighted by Gasteiger charge is -2.37. The Kier molecular flexibility index (Phi) is 6.48. The van der Waals surface area contributed by atoms with Gasteiger partial charge in [0.15, 0.2) is 5.79 Å². The molecule has 0 bridgehead atoms. The quantitative estimate of drug-likeness (QED) is 0.346. The SMILES string of the molecule is COc1cc2c(cc1[C@@H]1OC(C)(C)O[C@H]1C)-c1c(-c3cccs3)c3c(n1CC2)C(=O)N(C(C)(C)C)CCCC3. The summed E-state index contributed by atoms with van der Waals surface area (Å²) in [5.74, 6) is 0.324. The zero-order valence-electron chi connectivity index (χ0n) is 24.2. The Morgan fingerprint density at radius 3 is 2.51 bits per heavy atom. The van der Waals surface area contributed by atoms with Crippen LogP contribution in [0.15, 0.2) is 29.6 Å². The van der Waals surface area contributed by atoms with Crippen LogP contribution in [0.3, 0.4) is 0 Å². The topological polar surface area (TPSA) is 52.9 Å². The summed E-state index contributed by atoms with van der Waals surface area (Å²) in [7, 11) is 1.73. The number of amides is 1. The standard InChI is InChI=1S/C32H40N2O4S/c1-19-29(38-32(5,6)37-19)23-18-22-20(17-24(23)36-7)13-15-33-27(22)26(25-12-10-16-39-25)21-11-8-9-14-34(31(2,3)4)30(35)28(21)33/h10,12,16-19,29H,8-9,11,13-15H2,1-7H3/t19-,29+/m0/s1. The van der Waals surface area contributed by atoms with Gasteiger partial charge in [0.05, 0.1) is 18.9 Å². The fourth-order valence-electron chi connectivity index (χ4n) is 6.74. The number of ether oxygens (including phenoxy) is 3. The van der Waals surface area contributed by atoms with E-state index in [4.69, 9.17) is 14.2 Å². The molecule has 6 rings (SSSR count). The zero-order chi connectivity index (χ0) is 27.7. The molecule has 1 aromatic carbocycles. The average molecular weight is 549 g/mol. The fraction of sp³-hybridized carbons (Fsp3) is 0.531. The van der Waals surface area contributed by atoms with Crippen LogP contribution in [0.25, 0.3) is 21.7 Å². The Morgan fingerprint density at radius 2 is 1.87 bits per heavy atom. The maximum atomic E-state index is 14.3. The van der Waals surface area contributed by atoms with Crippen molar-refractivity contribution in [2.75, 3.05) is 13.7 Å². The molecule has 1 saturated heterocycles. The van der Waals surface area contributed by atoms with Gasteiger partial charge in [0.2, 0.25) is 0 Å². The van der Waals surface area contributed by atoms with E-state index in [0.29, 0.717) is 0 Å². The fourth-order valence-corrected chi connectivity index (χ4v) is 7.54. The molecule has 5 heterocycles. The van der Waals surface area contributed by atoms with Crippen molar-refractivity contribution in [1.82, 2.24) is 9.47 Å². The van der Waals surface area contributed by atoms with Gasteiger partial charge in [-0.1, -0.05) is 6.07 Å². The number of rotatable bonds is 3. The minimum Gasteiger partial charge on any atom is -0.496 e. The summed E-state index contributed by atoms with van der Waals surface area (Å²) < 4.78 is 20.8. The first-order chi connectivity index (χ1) is 18.5.